The maximum Gasteiger partial charge on any atom is 0.326 e. The molecule has 0 bridgehead atoms. The third-order valence-electron chi connectivity index (χ3n) is 3.25. The topological polar surface area (TPSA) is 86.7 Å². The van der Waals surface area contributed by atoms with Gasteiger partial charge in [0.15, 0.2) is 0 Å². The highest BCUT2D eigenvalue weighted by Gasteiger charge is 2.24. The van der Waals surface area contributed by atoms with Crippen LogP contribution in [0.15, 0.2) is 24.3 Å². The number of carboxylic acid groups (broad SMARTS) is 1. The standard InChI is InChI=1S/C15H20N2O4/c1-4-12(15(20)21)17(3)13(18)9-16-14(19)11-7-5-10(2)6-8-11/h5-8,12H,4,9H2,1-3H3,(H,16,19)(H,20,21). The van der Waals surface area contributed by atoms with Crippen LogP contribution in [0.25, 0.3) is 0 Å². The molecule has 0 heterocycles. The number of hydrogen-bond acceptors (Lipinski definition) is 3. The molecule has 0 spiro atoms. The summed E-state index contributed by atoms with van der Waals surface area (Å²) in [4.78, 5) is 35.9. The van der Waals surface area contributed by atoms with E-state index in [4.69, 9.17) is 5.11 Å². The number of aliphatic carboxylic acids is 1. The molecule has 6 nitrogen and oxygen atoms in total. The summed E-state index contributed by atoms with van der Waals surface area (Å²) in [6.07, 6.45) is 0.309. The van der Waals surface area contributed by atoms with Crippen LogP contribution < -0.4 is 5.32 Å². The van der Waals surface area contributed by atoms with Crippen LogP contribution in [0.2, 0.25) is 0 Å². The maximum absolute atomic E-state index is 11.9. The molecule has 0 aliphatic carbocycles. The lowest BCUT2D eigenvalue weighted by atomic mass is 10.1. The molecule has 0 aromatic heterocycles. The van der Waals surface area contributed by atoms with Crippen molar-refractivity contribution in [3.05, 3.63) is 35.4 Å². The fraction of sp³-hybridized carbons (Fsp3) is 0.400. The lowest BCUT2D eigenvalue weighted by Gasteiger charge is -2.23. The molecule has 0 radical (unpaired) electrons. The van der Waals surface area contributed by atoms with E-state index in [9.17, 15) is 14.4 Å². The smallest absolute Gasteiger partial charge is 0.326 e. The van der Waals surface area contributed by atoms with Gasteiger partial charge in [0.2, 0.25) is 5.91 Å². The molecular weight excluding hydrogens is 272 g/mol. The second-order valence-corrected chi connectivity index (χ2v) is 4.82. The van der Waals surface area contributed by atoms with Gasteiger partial charge in [-0.25, -0.2) is 4.79 Å². The molecule has 1 atom stereocenters. The minimum atomic E-state index is -1.06. The van der Waals surface area contributed by atoms with E-state index in [1.807, 2.05) is 6.92 Å². The van der Waals surface area contributed by atoms with Crippen molar-refractivity contribution < 1.29 is 19.5 Å². The predicted octanol–water partition coefficient (Wildman–Crippen LogP) is 1.05. The number of nitrogens with one attached hydrogen (secondary N) is 1. The van der Waals surface area contributed by atoms with Crippen molar-refractivity contribution in [1.82, 2.24) is 10.2 Å². The number of carboxylic acids is 1. The molecule has 1 rings (SSSR count). The summed E-state index contributed by atoms with van der Waals surface area (Å²) in [5.41, 5.74) is 1.50. The van der Waals surface area contributed by atoms with E-state index in [0.717, 1.165) is 10.5 Å². The average Bonchev–Trinajstić information content (AvgIpc) is 2.45. The van der Waals surface area contributed by atoms with E-state index in [0.29, 0.717) is 12.0 Å². The number of nitrogens with zero attached hydrogens (tertiary/aromatic N) is 1. The van der Waals surface area contributed by atoms with Gasteiger partial charge in [-0.05, 0) is 25.5 Å². The number of amides is 2. The summed E-state index contributed by atoms with van der Waals surface area (Å²) in [5, 5.41) is 11.5. The van der Waals surface area contributed by atoms with Gasteiger partial charge in [0.25, 0.3) is 5.91 Å². The molecule has 2 N–H and O–H groups in total. The van der Waals surface area contributed by atoms with Crippen molar-refractivity contribution in [2.45, 2.75) is 26.3 Å². The summed E-state index contributed by atoms with van der Waals surface area (Å²) >= 11 is 0. The summed E-state index contributed by atoms with van der Waals surface area (Å²) < 4.78 is 0. The van der Waals surface area contributed by atoms with Crippen LogP contribution in [0, 0.1) is 6.92 Å². The summed E-state index contributed by atoms with van der Waals surface area (Å²) in [5.74, 6) is -1.86. The second-order valence-electron chi connectivity index (χ2n) is 4.82. The normalized spacial score (nSPS) is 11.6. The van der Waals surface area contributed by atoms with E-state index in [2.05, 4.69) is 5.32 Å². The van der Waals surface area contributed by atoms with Crippen molar-refractivity contribution in [3.8, 4) is 0 Å². The molecule has 21 heavy (non-hydrogen) atoms. The Hall–Kier alpha value is -2.37. The van der Waals surface area contributed by atoms with Crippen LogP contribution in [-0.4, -0.2) is 47.4 Å². The maximum atomic E-state index is 11.9. The van der Waals surface area contributed by atoms with Crippen LogP contribution in [-0.2, 0) is 9.59 Å². The summed E-state index contributed by atoms with van der Waals surface area (Å²) in [6, 6.07) is 6.07. The fourth-order valence-electron chi connectivity index (χ4n) is 1.88. The molecule has 1 unspecified atom stereocenters. The predicted molar refractivity (Wildman–Crippen MR) is 78.0 cm³/mol. The second kappa shape index (κ2) is 7.42. The molecule has 0 fully saturated rings. The van der Waals surface area contributed by atoms with Gasteiger partial charge >= 0.3 is 5.97 Å². The molecule has 6 heteroatoms. The van der Waals surface area contributed by atoms with Gasteiger partial charge in [-0.15, -0.1) is 0 Å². The SMILES string of the molecule is CCC(C(=O)O)N(C)C(=O)CNC(=O)c1ccc(C)cc1. The molecule has 0 aliphatic rings. The van der Waals surface area contributed by atoms with Crippen LogP contribution in [0.1, 0.15) is 29.3 Å². The Morgan fingerprint density at radius 3 is 2.29 bits per heavy atom. The molecule has 0 saturated carbocycles. The third-order valence-corrected chi connectivity index (χ3v) is 3.25. The first kappa shape index (κ1) is 16.7. The summed E-state index contributed by atoms with van der Waals surface area (Å²) in [7, 11) is 1.42. The number of likely N-dealkylation sites (N-methyl/N-ethyl adjacent to an activating group) is 1. The Morgan fingerprint density at radius 1 is 1.24 bits per heavy atom. The van der Waals surface area contributed by atoms with Crippen molar-refractivity contribution >= 4 is 17.8 Å². The lowest BCUT2D eigenvalue weighted by molar-refractivity contribution is -0.148. The van der Waals surface area contributed by atoms with Gasteiger partial charge in [-0.1, -0.05) is 24.6 Å². The van der Waals surface area contributed by atoms with Crippen LogP contribution >= 0.6 is 0 Å². The monoisotopic (exact) mass is 292 g/mol. The molecule has 0 saturated heterocycles. The van der Waals surface area contributed by atoms with Crippen molar-refractivity contribution in [2.75, 3.05) is 13.6 Å². The van der Waals surface area contributed by atoms with Crippen LogP contribution in [0.4, 0.5) is 0 Å². The van der Waals surface area contributed by atoms with E-state index in [-0.39, 0.29) is 12.5 Å². The molecule has 2 amide bonds. The number of carbonyl (C=O) groups is 3. The number of aryl methyl sites for hydroxylation is 1. The Balaban J connectivity index is 2.58. The van der Waals surface area contributed by atoms with Gasteiger partial charge in [0.1, 0.15) is 6.04 Å². The Morgan fingerprint density at radius 2 is 1.81 bits per heavy atom. The first-order chi connectivity index (χ1) is 9.86. The lowest BCUT2D eigenvalue weighted by Crippen LogP contribution is -2.46. The van der Waals surface area contributed by atoms with E-state index in [1.54, 1.807) is 31.2 Å². The third kappa shape index (κ3) is 4.59. The quantitative estimate of drug-likeness (QED) is 0.820. The molecule has 0 aliphatic heterocycles. The number of carbonyl (C=O) groups excluding carboxylic acids is 2. The number of hydrogen-bond donors (Lipinski definition) is 2. The zero-order valence-corrected chi connectivity index (χ0v) is 12.4. The van der Waals surface area contributed by atoms with Gasteiger partial charge < -0.3 is 15.3 Å². The van der Waals surface area contributed by atoms with Gasteiger partial charge in [-0.2, -0.15) is 0 Å². The first-order valence-electron chi connectivity index (χ1n) is 6.70. The van der Waals surface area contributed by atoms with Gasteiger partial charge in [0, 0.05) is 12.6 Å². The minimum absolute atomic E-state index is 0.229. The Bertz CT molecular complexity index is 525. The number of rotatable bonds is 6. The first-order valence-corrected chi connectivity index (χ1v) is 6.70. The molecule has 1 aromatic carbocycles. The molecule has 1 aromatic rings. The molecular formula is C15H20N2O4. The van der Waals surface area contributed by atoms with Gasteiger partial charge in [0.05, 0.1) is 6.54 Å². The largest absolute Gasteiger partial charge is 0.480 e. The zero-order valence-electron chi connectivity index (χ0n) is 12.4. The Kier molecular flexibility index (Phi) is 5.90. The zero-order chi connectivity index (χ0) is 16.0. The van der Waals surface area contributed by atoms with Crippen molar-refractivity contribution in [1.29, 1.82) is 0 Å². The van der Waals surface area contributed by atoms with Crippen molar-refractivity contribution in [3.63, 3.8) is 0 Å². The minimum Gasteiger partial charge on any atom is -0.480 e. The highest BCUT2D eigenvalue weighted by atomic mass is 16.4. The van der Waals surface area contributed by atoms with Crippen LogP contribution in [0.3, 0.4) is 0 Å². The Labute approximate surface area is 123 Å². The highest BCUT2D eigenvalue weighted by molar-refractivity contribution is 5.96. The van der Waals surface area contributed by atoms with E-state index < -0.39 is 17.9 Å². The fourth-order valence-corrected chi connectivity index (χ4v) is 1.88. The highest BCUT2D eigenvalue weighted by Crippen LogP contribution is 2.04. The van der Waals surface area contributed by atoms with E-state index in [1.165, 1.54) is 7.05 Å². The average molecular weight is 292 g/mol. The van der Waals surface area contributed by atoms with Crippen molar-refractivity contribution in [2.24, 2.45) is 0 Å². The van der Waals surface area contributed by atoms with Crippen LogP contribution in [0.5, 0.6) is 0 Å². The van der Waals surface area contributed by atoms with Gasteiger partial charge in [-0.3, -0.25) is 9.59 Å². The summed E-state index contributed by atoms with van der Waals surface area (Å²) in [6.45, 7) is 3.37. The number of benzene rings is 1. The van der Waals surface area contributed by atoms with E-state index >= 15 is 0 Å². The molecule has 114 valence electrons.